The topological polar surface area (TPSA) is 73.8 Å². The van der Waals surface area contributed by atoms with Gasteiger partial charge in [0.25, 0.3) is 5.91 Å². The summed E-state index contributed by atoms with van der Waals surface area (Å²) in [6, 6.07) is 16.9. The first-order valence-electron chi connectivity index (χ1n) is 7.72. The summed E-state index contributed by atoms with van der Waals surface area (Å²) in [5, 5.41) is 13.2. The lowest BCUT2D eigenvalue weighted by molar-refractivity contribution is -0.135. The molecule has 0 saturated heterocycles. The van der Waals surface area contributed by atoms with Gasteiger partial charge >= 0.3 is 0 Å². The molecule has 0 bridgehead atoms. The first-order chi connectivity index (χ1) is 11.6. The van der Waals surface area contributed by atoms with Gasteiger partial charge in [-0.2, -0.15) is 5.48 Å². The van der Waals surface area contributed by atoms with Crippen LogP contribution in [-0.2, 0) is 4.84 Å². The van der Waals surface area contributed by atoms with Crippen molar-refractivity contribution in [3.8, 4) is 11.1 Å². The number of nitrogens with zero attached hydrogens (tertiary/aromatic N) is 1. The van der Waals surface area contributed by atoms with Crippen molar-refractivity contribution in [1.82, 2.24) is 15.9 Å². The predicted molar refractivity (Wildman–Crippen MR) is 92.3 cm³/mol. The Bertz CT molecular complexity index is 642. The number of hydroxylamine groups is 3. The van der Waals surface area contributed by atoms with Crippen LogP contribution in [0, 0.1) is 0 Å². The Hall–Kier alpha value is -2.25. The molecule has 0 saturated carbocycles. The molecule has 0 fully saturated rings. The number of benzene rings is 2. The molecule has 2 atom stereocenters. The minimum Gasteiger partial charge on any atom is -0.315 e. The summed E-state index contributed by atoms with van der Waals surface area (Å²) < 4.78 is 0. The molecular formula is C18H23N3O3. The number of likely N-dealkylation sites (N-methyl/N-ethyl adjacent to an activating group) is 1. The van der Waals surface area contributed by atoms with Gasteiger partial charge in [0.2, 0.25) is 0 Å². The Kier molecular flexibility index (Phi) is 6.45. The number of amides is 1. The molecule has 0 heterocycles. The van der Waals surface area contributed by atoms with E-state index in [1.54, 1.807) is 26.1 Å². The molecule has 2 unspecified atom stereocenters. The largest absolute Gasteiger partial charge is 0.315 e. The van der Waals surface area contributed by atoms with E-state index in [9.17, 15) is 4.79 Å². The number of carbonyl (C=O) groups excluding carboxylic acids is 1. The molecule has 0 aliphatic carbocycles. The van der Waals surface area contributed by atoms with Crippen LogP contribution in [0.1, 0.15) is 17.3 Å². The Labute approximate surface area is 142 Å². The SMILES string of the molecule is CNC(NO)C(C)N(OC)C(=O)c1ccc(-c2ccccc2)cc1. The Balaban J connectivity index is 2.19. The highest BCUT2D eigenvalue weighted by Gasteiger charge is 2.27. The van der Waals surface area contributed by atoms with E-state index in [0.29, 0.717) is 5.56 Å². The van der Waals surface area contributed by atoms with Gasteiger partial charge in [-0.05, 0) is 37.2 Å². The lowest BCUT2D eigenvalue weighted by Gasteiger charge is -2.31. The van der Waals surface area contributed by atoms with Gasteiger partial charge in [-0.15, -0.1) is 0 Å². The van der Waals surface area contributed by atoms with Crippen molar-refractivity contribution in [2.75, 3.05) is 14.2 Å². The lowest BCUT2D eigenvalue weighted by atomic mass is 10.0. The van der Waals surface area contributed by atoms with Gasteiger partial charge in [0.05, 0.1) is 13.2 Å². The second-order valence-electron chi connectivity index (χ2n) is 5.39. The molecule has 2 rings (SSSR count). The van der Waals surface area contributed by atoms with E-state index >= 15 is 0 Å². The molecule has 2 aromatic rings. The minimum absolute atomic E-state index is 0.278. The Morgan fingerprint density at radius 2 is 1.67 bits per heavy atom. The number of nitrogens with one attached hydrogen (secondary N) is 2. The van der Waals surface area contributed by atoms with Crippen LogP contribution in [0.25, 0.3) is 11.1 Å². The third kappa shape index (κ3) is 3.98. The van der Waals surface area contributed by atoms with Crippen molar-refractivity contribution in [3.05, 3.63) is 60.2 Å². The zero-order chi connectivity index (χ0) is 17.5. The number of hydrogen-bond donors (Lipinski definition) is 3. The lowest BCUT2D eigenvalue weighted by Crippen LogP contribution is -2.55. The Morgan fingerprint density at radius 3 is 2.17 bits per heavy atom. The van der Waals surface area contributed by atoms with E-state index in [2.05, 4.69) is 10.8 Å². The molecule has 24 heavy (non-hydrogen) atoms. The van der Waals surface area contributed by atoms with Gasteiger partial charge in [-0.1, -0.05) is 42.5 Å². The van der Waals surface area contributed by atoms with Crippen molar-refractivity contribution in [1.29, 1.82) is 0 Å². The predicted octanol–water partition coefficient (Wildman–Crippen LogP) is 2.27. The van der Waals surface area contributed by atoms with Gasteiger partial charge < -0.3 is 10.5 Å². The van der Waals surface area contributed by atoms with Crippen molar-refractivity contribution >= 4 is 5.91 Å². The summed E-state index contributed by atoms with van der Waals surface area (Å²) in [5.41, 5.74) is 4.76. The standard InChI is InChI=1S/C18H23N3O3/c1-13(17(19-2)20-23)21(24-3)18(22)16-11-9-15(10-12-16)14-7-5-4-6-8-14/h4-13,17,19-20,23H,1-3H3. The smallest absolute Gasteiger partial charge is 0.277 e. The fourth-order valence-electron chi connectivity index (χ4n) is 2.55. The van der Waals surface area contributed by atoms with Crippen LogP contribution >= 0.6 is 0 Å². The second kappa shape index (κ2) is 8.56. The third-order valence-corrected chi connectivity index (χ3v) is 3.94. The number of carbonyl (C=O) groups is 1. The summed E-state index contributed by atoms with van der Waals surface area (Å²) in [4.78, 5) is 17.9. The molecule has 6 nitrogen and oxygen atoms in total. The quantitative estimate of drug-likeness (QED) is 0.537. The van der Waals surface area contributed by atoms with Gasteiger partial charge in [-0.25, -0.2) is 5.06 Å². The van der Waals surface area contributed by atoms with Crippen molar-refractivity contribution in [2.24, 2.45) is 0 Å². The summed E-state index contributed by atoms with van der Waals surface area (Å²) in [6.45, 7) is 1.77. The summed E-state index contributed by atoms with van der Waals surface area (Å²) in [5.74, 6) is -0.278. The molecule has 0 spiro atoms. The van der Waals surface area contributed by atoms with Gasteiger partial charge in [0.15, 0.2) is 0 Å². The highest BCUT2D eigenvalue weighted by Crippen LogP contribution is 2.20. The molecule has 0 aromatic heterocycles. The Morgan fingerprint density at radius 1 is 1.08 bits per heavy atom. The summed E-state index contributed by atoms with van der Waals surface area (Å²) in [7, 11) is 3.11. The van der Waals surface area contributed by atoms with E-state index in [-0.39, 0.29) is 5.91 Å². The molecule has 0 radical (unpaired) electrons. The second-order valence-corrected chi connectivity index (χ2v) is 5.39. The highest BCUT2D eigenvalue weighted by molar-refractivity contribution is 5.94. The summed E-state index contributed by atoms with van der Waals surface area (Å²) >= 11 is 0. The minimum atomic E-state index is -0.516. The first-order valence-corrected chi connectivity index (χ1v) is 7.72. The van der Waals surface area contributed by atoms with Crippen LogP contribution in [0.3, 0.4) is 0 Å². The van der Waals surface area contributed by atoms with Crippen LogP contribution in [0.5, 0.6) is 0 Å². The van der Waals surface area contributed by atoms with Crippen molar-refractivity contribution in [3.63, 3.8) is 0 Å². The number of hydrogen-bond acceptors (Lipinski definition) is 5. The average Bonchev–Trinajstić information content (AvgIpc) is 2.64. The maximum absolute atomic E-state index is 12.7. The maximum Gasteiger partial charge on any atom is 0.277 e. The highest BCUT2D eigenvalue weighted by atomic mass is 16.7. The monoisotopic (exact) mass is 329 g/mol. The van der Waals surface area contributed by atoms with Crippen LogP contribution < -0.4 is 10.8 Å². The van der Waals surface area contributed by atoms with E-state index in [4.69, 9.17) is 10.0 Å². The van der Waals surface area contributed by atoms with Gasteiger partial charge in [-0.3, -0.25) is 9.63 Å². The van der Waals surface area contributed by atoms with Crippen LogP contribution in [0.2, 0.25) is 0 Å². The molecular weight excluding hydrogens is 306 g/mol. The zero-order valence-corrected chi connectivity index (χ0v) is 14.1. The van der Waals surface area contributed by atoms with E-state index in [1.165, 1.54) is 12.2 Å². The molecule has 1 amide bonds. The summed E-state index contributed by atoms with van der Waals surface area (Å²) in [6.07, 6.45) is -0.516. The fraction of sp³-hybridized carbons (Fsp3) is 0.278. The molecule has 2 aromatic carbocycles. The van der Waals surface area contributed by atoms with Crippen LogP contribution in [0.4, 0.5) is 0 Å². The number of rotatable bonds is 7. The molecule has 0 aliphatic heterocycles. The zero-order valence-electron chi connectivity index (χ0n) is 14.1. The first kappa shape index (κ1) is 18.1. The average molecular weight is 329 g/mol. The van der Waals surface area contributed by atoms with Crippen molar-refractivity contribution in [2.45, 2.75) is 19.1 Å². The van der Waals surface area contributed by atoms with Gasteiger partial charge in [0, 0.05) is 5.56 Å². The third-order valence-electron chi connectivity index (χ3n) is 3.94. The molecule has 128 valence electrons. The van der Waals surface area contributed by atoms with E-state index in [1.807, 2.05) is 42.5 Å². The molecule has 6 heteroatoms. The fourth-order valence-corrected chi connectivity index (χ4v) is 2.55. The normalized spacial score (nSPS) is 13.3. The van der Waals surface area contributed by atoms with Crippen molar-refractivity contribution < 1.29 is 14.8 Å². The molecule has 3 N–H and O–H groups in total. The molecule has 0 aliphatic rings. The van der Waals surface area contributed by atoms with Gasteiger partial charge in [0.1, 0.15) is 6.17 Å². The van der Waals surface area contributed by atoms with E-state index in [0.717, 1.165) is 11.1 Å². The van der Waals surface area contributed by atoms with E-state index < -0.39 is 12.2 Å². The maximum atomic E-state index is 12.7. The van der Waals surface area contributed by atoms with Crippen LogP contribution in [-0.4, -0.2) is 42.5 Å². The van der Waals surface area contributed by atoms with Crippen LogP contribution in [0.15, 0.2) is 54.6 Å².